The smallest absolute Gasteiger partial charge is 0.202 e. The molecule has 1 heterocycles. The number of thiophene rings is 1. The summed E-state index contributed by atoms with van der Waals surface area (Å²) in [6.45, 7) is 13.4. The summed E-state index contributed by atoms with van der Waals surface area (Å²) in [4.78, 5) is 16.1. The number of unbranched alkanes of at least 4 members (excludes halogenated alkanes) is 2. The number of hydrogen-bond acceptors (Lipinski definition) is 4. The highest BCUT2D eigenvalue weighted by Crippen LogP contribution is 2.36. The van der Waals surface area contributed by atoms with Gasteiger partial charge in [-0.15, -0.1) is 11.3 Å². The molecule has 0 saturated heterocycles. The van der Waals surface area contributed by atoms with Gasteiger partial charge in [0.1, 0.15) is 5.75 Å². The van der Waals surface area contributed by atoms with E-state index >= 15 is 0 Å². The van der Waals surface area contributed by atoms with Crippen molar-refractivity contribution in [2.75, 3.05) is 13.1 Å². The molecular formula is C24H35NO2S. The van der Waals surface area contributed by atoms with E-state index in [4.69, 9.17) is 0 Å². The Kier molecular flexibility index (Phi) is 8.26. The zero-order chi connectivity index (χ0) is 20.7. The second kappa shape index (κ2) is 10.2. The molecule has 0 spiro atoms. The summed E-state index contributed by atoms with van der Waals surface area (Å²) in [5, 5.41) is 13.0. The third-order valence-electron chi connectivity index (χ3n) is 5.05. The average molecular weight is 402 g/mol. The minimum Gasteiger partial charge on any atom is -0.507 e. The lowest BCUT2D eigenvalue weighted by atomic mass is 9.83. The lowest BCUT2D eigenvalue weighted by Gasteiger charge is -2.26. The van der Waals surface area contributed by atoms with Crippen molar-refractivity contribution >= 4 is 17.1 Å². The van der Waals surface area contributed by atoms with E-state index in [1.54, 1.807) is 0 Å². The van der Waals surface area contributed by atoms with Gasteiger partial charge in [-0.1, -0.05) is 53.5 Å². The molecule has 0 aliphatic carbocycles. The topological polar surface area (TPSA) is 40.5 Å². The maximum absolute atomic E-state index is 13.0. The predicted molar refractivity (Wildman–Crippen MR) is 120 cm³/mol. The molecule has 2 rings (SSSR count). The molecule has 4 heteroatoms. The van der Waals surface area contributed by atoms with Crippen LogP contribution in [-0.4, -0.2) is 28.9 Å². The molecule has 0 unspecified atom stereocenters. The first kappa shape index (κ1) is 22.6. The van der Waals surface area contributed by atoms with Gasteiger partial charge in [0.15, 0.2) is 0 Å². The van der Waals surface area contributed by atoms with Gasteiger partial charge in [-0.3, -0.25) is 9.69 Å². The number of carbonyl (C=O) groups is 1. The molecule has 1 N–H and O–H groups in total. The van der Waals surface area contributed by atoms with Crippen LogP contribution in [0.3, 0.4) is 0 Å². The van der Waals surface area contributed by atoms with Crippen molar-refractivity contribution in [1.82, 2.24) is 4.90 Å². The fourth-order valence-corrected chi connectivity index (χ4v) is 4.03. The number of hydrogen-bond donors (Lipinski definition) is 1. The molecule has 154 valence electrons. The summed E-state index contributed by atoms with van der Waals surface area (Å²) >= 11 is 1.46. The van der Waals surface area contributed by atoms with Crippen LogP contribution in [0.15, 0.2) is 29.6 Å². The van der Waals surface area contributed by atoms with Crippen LogP contribution in [-0.2, 0) is 12.0 Å². The van der Waals surface area contributed by atoms with Crippen molar-refractivity contribution in [2.24, 2.45) is 0 Å². The molecule has 0 aliphatic heterocycles. The Morgan fingerprint density at radius 1 is 1.11 bits per heavy atom. The third-order valence-corrected chi connectivity index (χ3v) is 5.92. The Bertz CT molecular complexity index is 752. The molecule has 2 aromatic rings. The molecule has 0 amide bonds. The third kappa shape index (κ3) is 5.92. The maximum atomic E-state index is 13.0. The number of phenolic OH excluding ortho intramolecular Hbond substituents is 1. The quantitative estimate of drug-likeness (QED) is 0.469. The van der Waals surface area contributed by atoms with Gasteiger partial charge in [-0.25, -0.2) is 0 Å². The van der Waals surface area contributed by atoms with E-state index in [1.807, 2.05) is 29.6 Å². The Balaban J connectivity index is 2.43. The lowest BCUT2D eigenvalue weighted by molar-refractivity contribution is 0.104. The molecule has 28 heavy (non-hydrogen) atoms. The first-order valence-corrected chi connectivity index (χ1v) is 11.3. The molecular weight excluding hydrogens is 366 g/mol. The van der Waals surface area contributed by atoms with Gasteiger partial charge in [0.05, 0.1) is 4.88 Å². The zero-order valence-electron chi connectivity index (χ0n) is 18.0. The lowest BCUT2D eigenvalue weighted by Crippen LogP contribution is -2.26. The molecule has 0 saturated carbocycles. The highest BCUT2D eigenvalue weighted by molar-refractivity contribution is 7.12. The molecule has 1 aromatic heterocycles. The van der Waals surface area contributed by atoms with E-state index in [0.717, 1.165) is 54.8 Å². The largest absolute Gasteiger partial charge is 0.507 e. The Labute approximate surface area is 174 Å². The Morgan fingerprint density at radius 3 is 2.25 bits per heavy atom. The van der Waals surface area contributed by atoms with Crippen molar-refractivity contribution in [3.63, 3.8) is 0 Å². The number of carbonyl (C=O) groups excluding carboxylic acids is 1. The average Bonchev–Trinajstić information content (AvgIpc) is 3.18. The van der Waals surface area contributed by atoms with Crippen molar-refractivity contribution in [1.29, 1.82) is 0 Å². The van der Waals surface area contributed by atoms with Crippen molar-refractivity contribution in [3.8, 4) is 5.75 Å². The van der Waals surface area contributed by atoms with E-state index in [2.05, 4.69) is 39.5 Å². The fourth-order valence-electron chi connectivity index (χ4n) is 3.34. The minimum absolute atomic E-state index is 0.0374. The van der Waals surface area contributed by atoms with Crippen molar-refractivity contribution in [2.45, 2.75) is 72.3 Å². The van der Waals surface area contributed by atoms with E-state index < -0.39 is 0 Å². The van der Waals surface area contributed by atoms with Gasteiger partial charge < -0.3 is 5.11 Å². The summed E-state index contributed by atoms with van der Waals surface area (Å²) in [7, 11) is 0. The number of aromatic hydroxyl groups is 1. The molecule has 1 aromatic carbocycles. The maximum Gasteiger partial charge on any atom is 0.202 e. The van der Waals surface area contributed by atoms with Gasteiger partial charge in [0.2, 0.25) is 5.78 Å². The van der Waals surface area contributed by atoms with Gasteiger partial charge in [-0.2, -0.15) is 0 Å². The second-order valence-electron chi connectivity index (χ2n) is 8.57. The van der Waals surface area contributed by atoms with Crippen molar-refractivity contribution < 1.29 is 9.90 Å². The molecule has 0 fully saturated rings. The highest BCUT2D eigenvalue weighted by atomic mass is 32.1. The summed E-state index contributed by atoms with van der Waals surface area (Å²) in [6.07, 6.45) is 4.59. The number of phenols is 1. The number of ketones is 1. The first-order chi connectivity index (χ1) is 13.3. The van der Waals surface area contributed by atoms with Crippen LogP contribution >= 0.6 is 11.3 Å². The van der Waals surface area contributed by atoms with Gasteiger partial charge >= 0.3 is 0 Å². The zero-order valence-corrected chi connectivity index (χ0v) is 18.9. The first-order valence-electron chi connectivity index (χ1n) is 10.4. The van der Waals surface area contributed by atoms with Gasteiger partial charge in [0, 0.05) is 23.2 Å². The summed E-state index contributed by atoms with van der Waals surface area (Å²) in [6, 6.07) is 7.55. The number of rotatable bonds is 10. The van der Waals surface area contributed by atoms with Crippen LogP contribution in [0.2, 0.25) is 0 Å². The van der Waals surface area contributed by atoms with Crippen LogP contribution in [0.1, 0.15) is 86.7 Å². The molecule has 0 radical (unpaired) electrons. The van der Waals surface area contributed by atoms with Crippen LogP contribution in [0, 0.1) is 0 Å². The summed E-state index contributed by atoms with van der Waals surface area (Å²) < 4.78 is 0. The Hall–Kier alpha value is -1.65. The normalized spacial score (nSPS) is 11.9. The molecule has 0 aliphatic rings. The fraction of sp³-hybridized carbons (Fsp3) is 0.542. The molecule has 0 atom stereocenters. The SMILES string of the molecule is CCCCN(CCCC)Cc1cc(C(=O)c2cccs2)cc(C(C)(C)C)c1O. The van der Waals surface area contributed by atoms with E-state index in [-0.39, 0.29) is 11.2 Å². The standard InChI is InChI=1S/C24H35NO2S/c1-6-8-12-25(13-9-7-2)17-19-15-18(23(27)21-11-10-14-28-21)16-20(22(19)26)24(3,4)5/h10-11,14-16,26H,6-9,12-13,17H2,1-5H3. The van der Waals surface area contributed by atoms with Crippen LogP contribution < -0.4 is 0 Å². The second-order valence-corrected chi connectivity index (χ2v) is 9.52. The van der Waals surface area contributed by atoms with Gasteiger partial charge in [-0.05, 0) is 54.9 Å². The molecule has 0 bridgehead atoms. The monoisotopic (exact) mass is 401 g/mol. The number of benzene rings is 1. The van der Waals surface area contributed by atoms with Crippen LogP contribution in [0.25, 0.3) is 0 Å². The highest BCUT2D eigenvalue weighted by Gasteiger charge is 2.24. The summed E-state index contributed by atoms with van der Waals surface area (Å²) in [5.41, 5.74) is 2.14. The van der Waals surface area contributed by atoms with E-state index in [9.17, 15) is 9.90 Å². The van der Waals surface area contributed by atoms with E-state index in [0.29, 0.717) is 17.9 Å². The van der Waals surface area contributed by atoms with Crippen LogP contribution in [0.5, 0.6) is 5.75 Å². The van der Waals surface area contributed by atoms with Crippen LogP contribution in [0.4, 0.5) is 0 Å². The summed E-state index contributed by atoms with van der Waals surface area (Å²) in [5.74, 6) is 0.378. The van der Waals surface area contributed by atoms with E-state index in [1.165, 1.54) is 11.3 Å². The van der Waals surface area contributed by atoms with Crippen molar-refractivity contribution in [3.05, 3.63) is 51.2 Å². The van der Waals surface area contributed by atoms with Gasteiger partial charge in [0.25, 0.3) is 0 Å². The molecule has 3 nitrogen and oxygen atoms in total. The predicted octanol–water partition coefficient (Wildman–Crippen LogP) is 6.38. The Morgan fingerprint density at radius 2 is 1.75 bits per heavy atom. The minimum atomic E-state index is -0.234. The number of nitrogens with zero attached hydrogens (tertiary/aromatic N) is 1.